The Morgan fingerprint density at radius 2 is 1.91 bits per heavy atom. The number of nitrogens with zero attached hydrogens (tertiary/aromatic N) is 1. The topological polar surface area (TPSA) is 58.6 Å². The maximum Gasteiger partial charge on any atom is 0.215 e. The van der Waals surface area contributed by atoms with E-state index in [-0.39, 0.29) is 11.6 Å². The largest absolute Gasteiger partial charge is 0.383 e. The zero-order valence-corrected chi connectivity index (χ0v) is 14.3. The van der Waals surface area contributed by atoms with Gasteiger partial charge >= 0.3 is 0 Å². The number of piperidine rings is 1. The Morgan fingerprint density at radius 1 is 1.26 bits per heavy atom. The third-order valence-electron chi connectivity index (χ3n) is 4.18. The molecule has 1 aromatic carbocycles. The van der Waals surface area contributed by atoms with Gasteiger partial charge in [0.25, 0.3) is 0 Å². The zero-order valence-electron chi connectivity index (χ0n) is 13.5. The van der Waals surface area contributed by atoms with Crippen molar-refractivity contribution >= 4 is 10.0 Å². The molecular weight excluding hydrogens is 319 g/mol. The first kappa shape index (κ1) is 18.3. The van der Waals surface area contributed by atoms with E-state index in [4.69, 9.17) is 4.74 Å². The van der Waals surface area contributed by atoms with Gasteiger partial charge in [-0.05, 0) is 49.5 Å². The minimum atomic E-state index is -3.38. The summed E-state index contributed by atoms with van der Waals surface area (Å²) in [6.45, 7) is 4.09. The van der Waals surface area contributed by atoms with E-state index in [9.17, 15) is 12.8 Å². The van der Waals surface area contributed by atoms with Gasteiger partial charge in [0.1, 0.15) is 5.82 Å². The summed E-state index contributed by atoms with van der Waals surface area (Å²) < 4.78 is 44.8. The van der Waals surface area contributed by atoms with Crippen molar-refractivity contribution in [3.63, 3.8) is 0 Å². The number of sulfonamides is 1. The molecular formula is C16H25FN2O3S. The van der Waals surface area contributed by atoms with Gasteiger partial charge in [-0.2, -0.15) is 0 Å². The monoisotopic (exact) mass is 344 g/mol. The summed E-state index contributed by atoms with van der Waals surface area (Å²) >= 11 is 0. The summed E-state index contributed by atoms with van der Waals surface area (Å²) in [5.41, 5.74) is 0.591. The number of hydrogen-bond acceptors (Lipinski definition) is 4. The van der Waals surface area contributed by atoms with Gasteiger partial charge in [-0.1, -0.05) is 12.1 Å². The Morgan fingerprint density at radius 3 is 2.52 bits per heavy atom. The van der Waals surface area contributed by atoms with Crippen molar-refractivity contribution in [2.75, 3.05) is 39.9 Å². The van der Waals surface area contributed by atoms with Crippen molar-refractivity contribution < 1.29 is 17.5 Å². The van der Waals surface area contributed by atoms with Crippen LogP contribution in [0, 0.1) is 11.7 Å². The van der Waals surface area contributed by atoms with E-state index in [0.29, 0.717) is 18.0 Å². The predicted octanol–water partition coefficient (Wildman–Crippen LogP) is 1.60. The second-order valence-corrected chi connectivity index (χ2v) is 7.82. The van der Waals surface area contributed by atoms with Crippen LogP contribution in [-0.2, 0) is 20.5 Å². The predicted molar refractivity (Wildman–Crippen MR) is 88.1 cm³/mol. The van der Waals surface area contributed by atoms with Crippen LogP contribution in [0.3, 0.4) is 0 Å². The van der Waals surface area contributed by atoms with Crippen molar-refractivity contribution in [2.45, 2.75) is 18.6 Å². The van der Waals surface area contributed by atoms with Crippen molar-refractivity contribution in [1.29, 1.82) is 0 Å². The smallest absolute Gasteiger partial charge is 0.215 e. The molecule has 0 radical (unpaired) electrons. The molecule has 1 N–H and O–H groups in total. The average Bonchev–Trinajstić information content (AvgIpc) is 2.54. The molecule has 1 aliphatic rings. The summed E-state index contributed by atoms with van der Waals surface area (Å²) in [7, 11) is -1.68. The van der Waals surface area contributed by atoms with E-state index in [2.05, 4.69) is 9.62 Å². The summed E-state index contributed by atoms with van der Waals surface area (Å²) in [6.07, 6.45) is 1.98. The molecule has 2 rings (SSSR count). The Labute approximate surface area is 137 Å². The fraction of sp³-hybridized carbons (Fsp3) is 0.625. The third kappa shape index (κ3) is 6.55. The van der Waals surface area contributed by atoms with Crippen molar-refractivity contribution in [3.8, 4) is 0 Å². The summed E-state index contributed by atoms with van der Waals surface area (Å²) in [6, 6.07) is 5.56. The number of likely N-dealkylation sites (tertiary alicyclic amines) is 1. The van der Waals surface area contributed by atoms with E-state index in [1.165, 1.54) is 24.3 Å². The summed E-state index contributed by atoms with van der Waals surface area (Å²) in [5.74, 6) is -0.101. The normalized spacial score (nSPS) is 17.5. The molecule has 130 valence electrons. The first-order valence-corrected chi connectivity index (χ1v) is 9.57. The molecule has 0 aromatic heterocycles. The number of hydrogen-bond donors (Lipinski definition) is 1. The Bertz CT molecular complexity index is 569. The van der Waals surface area contributed by atoms with Gasteiger partial charge in [0, 0.05) is 20.2 Å². The van der Waals surface area contributed by atoms with Crippen LogP contribution in [-0.4, -0.2) is 53.2 Å². The second-order valence-electron chi connectivity index (χ2n) is 6.01. The molecule has 23 heavy (non-hydrogen) atoms. The van der Waals surface area contributed by atoms with E-state index in [1.54, 1.807) is 7.11 Å². The molecule has 5 nitrogen and oxygen atoms in total. The molecule has 0 bridgehead atoms. The quantitative estimate of drug-likeness (QED) is 0.778. The van der Waals surface area contributed by atoms with Gasteiger partial charge in [0.05, 0.1) is 12.4 Å². The Hall–Kier alpha value is -1.02. The van der Waals surface area contributed by atoms with Crippen LogP contribution in [0.2, 0.25) is 0 Å². The van der Waals surface area contributed by atoms with E-state index in [1.807, 2.05) is 0 Å². The molecule has 0 atom stereocenters. The molecule has 0 unspecified atom stereocenters. The van der Waals surface area contributed by atoms with Crippen LogP contribution in [0.1, 0.15) is 18.4 Å². The minimum absolute atomic E-state index is 0.111. The highest BCUT2D eigenvalue weighted by molar-refractivity contribution is 7.88. The van der Waals surface area contributed by atoms with Crippen LogP contribution in [0.4, 0.5) is 4.39 Å². The maximum atomic E-state index is 12.8. The first-order chi connectivity index (χ1) is 11.0. The molecule has 0 saturated carbocycles. The molecule has 0 aliphatic carbocycles. The van der Waals surface area contributed by atoms with Gasteiger partial charge in [-0.15, -0.1) is 0 Å². The zero-order chi connectivity index (χ0) is 16.7. The molecule has 1 saturated heterocycles. The number of halogens is 1. The fourth-order valence-electron chi connectivity index (χ4n) is 2.73. The standard InChI is InChI=1S/C16H25FN2O3S/c1-22-11-10-19-8-6-14(7-9-19)12-18-23(20,21)13-15-2-4-16(17)5-3-15/h2-5,14,18H,6-13H2,1H3. The van der Waals surface area contributed by atoms with Crippen LogP contribution in [0.25, 0.3) is 0 Å². The summed E-state index contributed by atoms with van der Waals surface area (Å²) in [5, 5.41) is 0. The van der Waals surface area contributed by atoms with Crippen LogP contribution >= 0.6 is 0 Å². The van der Waals surface area contributed by atoms with Crippen LogP contribution in [0.5, 0.6) is 0 Å². The highest BCUT2D eigenvalue weighted by Crippen LogP contribution is 2.16. The molecule has 1 aromatic rings. The van der Waals surface area contributed by atoms with Gasteiger partial charge in [0.15, 0.2) is 0 Å². The van der Waals surface area contributed by atoms with Gasteiger partial charge in [-0.3, -0.25) is 0 Å². The highest BCUT2D eigenvalue weighted by Gasteiger charge is 2.21. The molecule has 1 heterocycles. The molecule has 7 heteroatoms. The van der Waals surface area contributed by atoms with E-state index in [0.717, 1.165) is 39.1 Å². The number of ether oxygens (including phenoxy) is 1. The molecule has 0 amide bonds. The summed E-state index contributed by atoms with van der Waals surface area (Å²) in [4.78, 5) is 2.34. The number of rotatable bonds is 8. The number of methoxy groups -OCH3 is 1. The third-order valence-corrected chi connectivity index (χ3v) is 5.50. The van der Waals surface area contributed by atoms with Gasteiger partial charge in [-0.25, -0.2) is 17.5 Å². The van der Waals surface area contributed by atoms with Crippen LogP contribution < -0.4 is 4.72 Å². The molecule has 1 fully saturated rings. The van der Waals surface area contributed by atoms with Crippen molar-refractivity contribution in [1.82, 2.24) is 9.62 Å². The molecule has 1 aliphatic heterocycles. The van der Waals surface area contributed by atoms with E-state index >= 15 is 0 Å². The Kier molecular flexibility index (Phi) is 6.95. The first-order valence-electron chi connectivity index (χ1n) is 7.91. The maximum absolute atomic E-state index is 12.8. The fourth-order valence-corrected chi connectivity index (χ4v) is 3.95. The Balaban J connectivity index is 1.73. The minimum Gasteiger partial charge on any atom is -0.383 e. The SMILES string of the molecule is COCCN1CCC(CNS(=O)(=O)Cc2ccc(F)cc2)CC1. The van der Waals surface area contributed by atoms with E-state index < -0.39 is 10.0 Å². The lowest BCUT2D eigenvalue weighted by Crippen LogP contribution is -2.40. The van der Waals surface area contributed by atoms with Gasteiger partial charge < -0.3 is 9.64 Å². The van der Waals surface area contributed by atoms with Crippen molar-refractivity contribution in [3.05, 3.63) is 35.6 Å². The lowest BCUT2D eigenvalue weighted by Gasteiger charge is -2.31. The average molecular weight is 344 g/mol. The molecule has 0 spiro atoms. The number of benzene rings is 1. The highest BCUT2D eigenvalue weighted by atomic mass is 32.2. The van der Waals surface area contributed by atoms with Crippen molar-refractivity contribution in [2.24, 2.45) is 5.92 Å². The lowest BCUT2D eigenvalue weighted by molar-refractivity contribution is 0.121. The lowest BCUT2D eigenvalue weighted by atomic mass is 9.97. The second kappa shape index (κ2) is 8.73. The van der Waals surface area contributed by atoms with Crippen LogP contribution in [0.15, 0.2) is 24.3 Å². The number of nitrogens with one attached hydrogen (secondary N) is 1. The van der Waals surface area contributed by atoms with Gasteiger partial charge in [0.2, 0.25) is 10.0 Å².